The number of nitrogens with zero attached hydrogens (tertiary/aromatic N) is 2. The molecule has 1 aliphatic rings. The van der Waals surface area contributed by atoms with Crippen molar-refractivity contribution < 1.29 is 4.21 Å². The molecule has 0 saturated carbocycles. The molecular formula is C17H21N3OS. The van der Waals surface area contributed by atoms with Crippen molar-refractivity contribution in [2.75, 3.05) is 19.0 Å². The second-order valence-corrected chi connectivity index (χ2v) is 7.23. The maximum atomic E-state index is 12.7. The fourth-order valence-corrected chi connectivity index (χ4v) is 3.82. The predicted octanol–water partition coefficient (Wildman–Crippen LogP) is 3.05. The van der Waals surface area contributed by atoms with Crippen molar-refractivity contribution in [1.29, 1.82) is 0 Å². The molecule has 0 bridgehead atoms. The minimum atomic E-state index is -1.16. The molecule has 1 heterocycles. The van der Waals surface area contributed by atoms with Gasteiger partial charge in [0.15, 0.2) is 5.16 Å². The molecule has 0 fully saturated rings. The van der Waals surface area contributed by atoms with Crippen LogP contribution in [0.2, 0.25) is 0 Å². The number of aromatic amines is 1. The quantitative estimate of drug-likeness (QED) is 0.943. The van der Waals surface area contributed by atoms with Crippen LogP contribution >= 0.6 is 0 Å². The van der Waals surface area contributed by atoms with Crippen LogP contribution in [0.3, 0.4) is 0 Å². The first-order valence-corrected chi connectivity index (χ1v) is 8.77. The lowest BCUT2D eigenvalue weighted by molar-refractivity contribution is 0.676. The van der Waals surface area contributed by atoms with Crippen molar-refractivity contribution in [1.82, 2.24) is 9.97 Å². The molecule has 0 amide bonds. The third-order valence-electron chi connectivity index (χ3n) is 3.84. The lowest BCUT2D eigenvalue weighted by Gasteiger charge is -2.17. The fourth-order valence-electron chi connectivity index (χ4n) is 2.73. The van der Waals surface area contributed by atoms with E-state index in [0.29, 0.717) is 10.9 Å². The van der Waals surface area contributed by atoms with Crippen molar-refractivity contribution in [3.63, 3.8) is 0 Å². The van der Waals surface area contributed by atoms with E-state index in [0.717, 1.165) is 35.5 Å². The number of aryl methyl sites for hydroxylation is 2. The highest BCUT2D eigenvalue weighted by molar-refractivity contribution is 7.84. The average molecular weight is 315 g/mol. The molecule has 116 valence electrons. The molecule has 0 saturated heterocycles. The maximum absolute atomic E-state index is 12.7. The summed E-state index contributed by atoms with van der Waals surface area (Å²) in [6, 6.07) is 6.27. The van der Waals surface area contributed by atoms with Gasteiger partial charge >= 0.3 is 0 Å². The minimum absolute atomic E-state index is 0.477. The van der Waals surface area contributed by atoms with Crippen molar-refractivity contribution in [3.05, 3.63) is 46.8 Å². The molecule has 1 N–H and O–H groups in total. The Morgan fingerprint density at radius 2 is 2.18 bits per heavy atom. The zero-order chi connectivity index (χ0) is 15.7. The molecule has 5 heteroatoms. The monoisotopic (exact) mass is 315 g/mol. The Bertz CT molecular complexity index is 746. The van der Waals surface area contributed by atoms with Crippen LogP contribution in [-0.4, -0.2) is 28.3 Å². The highest BCUT2D eigenvalue weighted by Crippen LogP contribution is 2.24. The van der Waals surface area contributed by atoms with E-state index in [1.165, 1.54) is 5.56 Å². The van der Waals surface area contributed by atoms with E-state index in [4.69, 9.17) is 0 Å². The number of nitrogens with one attached hydrogen (secondary N) is 1. The van der Waals surface area contributed by atoms with Crippen LogP contribution in [0.1, 0.15) is 28.9 Å². The second-order valence-electron chi connectivity index (χ2n) is 5.86. The summed E-state index contributed by atoms with van der Waals surface area (Å²) in [6.07, 6.45) is 6.09. The van der Waals surface area contributed by atoms with Gasteiger partial charge in [-0.2, -0.15) is 0 Å². The predicted molar refractivity (Wildman–Crippen MR) is 91.6 cm³/mol. The molecule has 0 spiro atoms. The van der Waals surface area contributed by atoms with Crippen molar-refractivity contribution in [2.45, 2.75) is 30.7 Å². The molecule has 0 radical (unpaired) electrons. The van der Waals surface area contributed by atoms with Crippen LogP contribution in [0.5, 0.6) is 0 Å². The van der Waals surface area contributed by atoms with E-state index < -0.39 is 10.8 Å². The number of anilines is 1. The number of hydrogen-bond donors (Lipinski definition) is 1. The number of rotatable bonds is 4. The molecule has 3 rings (SSSR count). The molecule has 1 aliphatic carbocycles. The van der Waals surface area contributed by atoms with E-state index in [-0.39, 0.29) is 0 Å². The average Bonchev–Trinajstić information content (AvgIpc) is 2.91. The molecule has 2 aromatic rings. The van der Waals surface area contributed by atoms with Gasteiger partial charge in [0.05, 0.1) is 22.2 Å². The van der Waals surface area contributed by atoms with Crippen molar-refractivity contribution in [2.24, 2.45) is 0 Å². The summed E-state index contributed by atoms with van der Waals surface area (Å²) in [5.41, 5.74) is 5.41. The Hall–Kier alpha value is -1.88. The number of aromatic nitrogens is 2. The summed E-state index contributed by atoms with van der Waals surface area (Å²) in [7, 11) is 2.85. The molecule has 22 heavy (non-hydrogen) atoms. The van der Waals surface area contributed by atoms with E-state index in [9.17, 15) is 4.21 Å². The molecule has 1 atom stereocenters. The van der Waals surface area contributed by atoms with Crippen LogP contribution in [0.4, 0.5) is 5.69 Å². The molecule has 1 aromatic heterocycles. The Kier molecular flexibility index (Phi) is 4.16. The first kappa shape index (κ1) is 15.0. The number of imidazole rings is 1. The van der Waals surface area contributed by atoms with Crippen LogP contribution < -0.4 is 4.90 Å². The van der Waals surface area contributed by atoms with Gasteiger partial charge in [-0.3, -0.25) is 4.21 Å². The van der Waals surface area contributed by atoms with Gasteiger partial charge in [-0.15, -0.1) is 0 Å². The standard InChI is InChI=1S/C17H21N3OS/c1-12-8-9-16(20(2)3)13(10-12)11-22(21)17-18-14-6-4-5-7-15(14)19-17/h4,6,8-10H,5,7,11H2,1-3H3,(H,18,19). The smallest absolute Gasteiger partial charge is 0.197 e. The SMILES string of the molecule is Cc1ccc(N(C)C)c(CS(=O)c2nc3c([nH]2)CCC=C3)c1. The van der Waals surface area contributed by atoms with Crippen LogP contribution in [0, 0.1) is 6.92 Å². The second kappa shape index (κ2) is 6.08. The lowest BCUT2D eigenvalue weighted by atomic mass is 10.1. The van der Waals surface area contributed by atoms with Crippen LogP contribution in [-0.2, 0) is 23.0 Å². The van der Waals surface area contributed by atoms with E-state index in [1.807, 2.05) is 20.2 Å². The highest BCUT2D eigenvalue weighted by atomic mass is 32.2. The van der Waals surface area contributed by atoms with Crippen molar-refractivity contribution in [3.8, 4) is 0 Å². The maximum Gasteiger partial charge on any atom is 0.197 e. The van der Waals surface area contributed by atoms with Gasteiger partial charge in [-0.25, -0.2) is 4.98 Å². The summed E-state index contributed by atoms with van der Waals surface area (Å²) >= 11 is 0. The van der Waals surface area contributed by atoms with Crippen molar-refractivity contribution >= 4 is 22.6 Å². The zero-order valence-electron chi connectivity index (χ0n) is 13.2. The topological polar surface area (TPSA) is 49.0 Å². The van der Waals surface area contributed by atoms with Gasteiger partial charge < -0.3 is 9.88 Å². The first-order chi connectivity index (χ1) is 10.5. The van der Waals surface area contributed by atoms with E-state index >= 15 is 0 Å². The normalized spacial score (nSPS) is 14.7. The van der Waals surface area contributed by atoms with Gasteiger partial charge in [0.2, 0.25) is 0 Å². The molecule has 0 aliphatic heterocycles. The first-order valence-electron chi connectivity index (χ1n) is 7.45. The molecule has 4 nitrogen and oxygen atoms in total. The Morgan fingerprint density at radius 3 is 2.91 bits per heavy atom. The number of hydrogen-bond acceptors (Lipinski definition) is 3. The Morgan fingerprint density at radius 1 is 1.36 bits per heavy atom. The van der Waals surface area contributed by atoms with Gasteiger partial charge in [0.1, 0.15) is 0 Å². The Labute approximate surface area is 133 Å². The highest BCUT2D eigenvalue weighted by Gasteiger charge is 2.17. The summed E-state index contributed by atoms with van der Waals surface area (Å²) in [5.74, 6) is 0.477. The Balaban J connectivity index is 1.87. The van der Waals surface area contributed by atoms with E-state index in [1.54, 1.807) is 0 Å². The number of fused-ring (bicyclic) bond motifs is 1. The molecular weight excluding hydrogens is 294 g/mol. The molecule has 1 unspecified atom stereocenters. The van der Waals surface area contributed by atoms with Gasteiger partial charge in [0, 0.05) is 25.5 Å². The third-order valence-corrected chi connectivity index (χ3v) is 5.04. The van der Waals surface area contributed by atoms with Gasteiger partial charge in [0.25, 0.3) is 0 Å². The van der Waals surface area contributed by atoms with Gasteiger partial charge in [-0.05, 0) is 37.5 Å². The number of benzene rings is 1. The summed E-state index contributed by atoms with van der Waals surface area (Å²) in [6.45, 7) is 2.06. The molecule has 1 aromatic carbocycles. The summed E-state index contributed by atoms with van der Waals surface area (Å²) in [4.78, 5) is 9.79. The number of allylic oxidation sites excluding steroid dienone is 1. The van der Waals surface area contributed by atoms with Gasteiger partial charge in [-0.1, -0.05) is 23.8 Å². The minimum Gasteiger partial charge on any atom is -0.377 e. The summed E-state index contributed by atoms with van der Waals surface area (Å²) in [5, 5.41) is 0.586. The summed E-state index contributed by atoms with van der Waals surface area (Å²) < 4.78 is 12.7. The lowest BCUT2D eigenvalue weighted by Crippen LogP contribution is -2.12. The zero-order valence-corrected chi connectivity index (χ0v) is 14.0. The third kappa shape index (κ3) is 2.99. The van der Waals surface area contributed by atoms with Crippen LogP contribution in [0.25, 0.3) is 6.08 Å². The number of H-pyrrole nitrogens is 1. The largest absolute Gasteiger partial charge is 0.377 e. The van der Waals surface area contributed by atoms with E-state index in [2.05, 4.69) is 46.1 Å². The van der Waals surface area contributed by atoms with Crippen LogP contribution in [0.15, 0.2) is 29.4 Å². The fraction of sp³-hybridized carbons (Fsp3) is 0.353.